The molecule has 0 unspecified atom stereocenters. The quantitative estimate of drug-likeness (QED) is 0.317. The van der Waals surface area contributed by atoms with Crippen LogP contribution in [0.3, 0.4) is 0 Å². The van der Waals surface area contributed by atoms with Crippen LogP contribution in [0.4, 0.5) is 4.79 Å². The zero-order valence-electron chi connectivity index (χ0n) is 12.3. The van der Waals surface area contributed by atoms with Crippen LogP contribution >= 0.6 is 46.8 Å². The van der Waals surface area contributed by atoms with E-state index in [0.717, 1.165) is 12.0 Å². The van der Waals surface area contributed by atoms with E-state index in [0.29, 0.717) is 18.1 Å². The number of quaternary nitrogens is 1. The molecule has 22 heavy (non-hydrogen) atoms. The van der Waals surface area contributed by atoms with E-state index in [2.05, 4.69) is 12.6 Å². The molecule has 1 amide bonds. The highest BCUT2D eigenvalue weighted by atomic mass is 35.6. The molecule has 2 rings (SSSR count). The van der Waals surface area contributed by atoms with Gasteiger partial charge < -0.3 is 22.1 Å². The highest BCUT2D eigenvalue weighted by molar-refractivity contribution is 7.93. The van der Waals surface area contributed by atoms with Crippen molar-refractivity contribution in [3.63, 3.8) is 0 Å². The molecule has 0 saturated heterocycles. The van der Waals surface area contributed by atoms with Crippen LogP contribution in [0.1, 0.15) is 5.56 Å². The van der Waals surface area contributed by atoms with Crippen molar-refractivity contribution >= 4 is 65.5 Å². The van der Waals surface area contributed by atoms with Gasteiger partial charge in [-0.1, -0.05) is 12.1 Å². The van der Waals surface area contributed by atoms with Crippen molar-refractivity contribution in [2.24, 2.45) is 0 Å². The topological polar surface area (TPSA) is 35.5 Å². The monoisotopic (exact) mass is 403 g/mol. The van der Waals surface area contributed by atoms with Crippen LogP contribution in [-0.4, -0.2) is 40.1 Å². The van der Waals surface area contributed by atoms with E-state index < -0.39 is 3.12 Å². The first-order valence-electron chi connectivity index (χ1n) is 6.18. The number of alkyl halides is 3. The number of halogens is 3. The molecule has 1 aromatic carbocycles. The Morgan fingerprint density at radius 1 is 1.41 bits per heavy atom. The van der Waals surface area contributed by atoms with Gasteiger partial charge in [-0.15, -0.1) is 34.8 Å². The third-order valence-electron chi connectivity index (χ3n) is 2.77. The lowest BCUT2D eigenvalue weighted by Crippen LogP contribution is -2.40. The van der Waals surface area contributed by atoms with Crippen LogP contribution in [-0.2, 0) is 19.0 Å². The molecule has 4 nitrogen and oxygen atoms in total. The van der Waals surface area contributed by atoms with Gasteiger partial charge in [0.2, 0.25) is 0 Å². The van der Waals surface area contributed by atoms with Gasteiger partial charge in [-0.05, 0) is 6.07 Å². The van der Waals surface area contributed by atoms with Crippen LogP contribution in [0, 0.1) is 0 Å². The zero-order chi connectivity index (χ0) is 17.0. The van der Waals surface area contributed by atoms with E-state index in [4.69, 9.17) is 44.3 Å². The molecule has 0 atom stereocenters. The number of carbonyl (C=O) groups is 1. The standard InChI is InChI=1S/C12H16NO3S.CHCl3S/c1-13(2,17-3)12(14)16-10-6-4-5-9-7-8-15-11(9)10;2-1(3,4)5/h4-6H,7-8H2,1-3H3;5H/q+1;/p-1. The maximum Gasteiger partial charge on any atom is 0.533 e. The van der Waals surface area contributed by atoms with Gasteiger partial charge in [-0.3, -0.25) is 0 Å². The van der Waals surface area contributed by atoms with E-state index >= 15 is 0 Å². The normalized spacial score (nSPS) is 13.6. The van der Waals surface area contributed by atoms with Gasteiger partial charge in [-0.25, -0.2) is 0 Å². The number of hydrogen-bond acceptors (Lipinski definition) is 5. The predicted molar refractivity (Wildman–Crippen MR) is 94.9 cm³/mol. The molecular weight excluding hydrogens is 389 g/mol. The first-order valence-corrected chi connectivity index (χ1v) is 8.91. The number of benzene rings is 1. The van der Waals surface area contributed by atoms with Crippen molar-refractivity contribution < 1.29 is 18.2 Å². The van der Waals surface area contributed by atoms with E-state index in [-0.39, 0.29) is 9.98 Å². The van der Waals surface area contributed by atoms with Crippen LogP contribution in [0.25, 0.3) is 0 Å². The molecule has 1 aromatic rings. The lowest BCUT2D eigenvalue weighted by Gasteiger charge is -2.20. The van der Waals surface area contributed by atoms with Crippen molar-refractivity contribution in [3.8, 4) is 11.5 Å². The Hall–Kier alpha value is 0.0200. The summed E-state index contributed by atoms with van der Waals surface area (Å²) in [6.07, 6.45) is 2.44. The molecule has 0 N–H and O–H groups in total. The summed E-state index contributed by atoms with van der Waals surface area (Å²) in [5, 5.41) is 0. The number of rotatable bonds is 2. The summed E-state index contributed by atoms with van der Waals surface area (Å²) < 4.78 is 9.50. The van der Waals surface area contributed by atoms with Gasteiger partial charge in [0.15, 0.2) is 11.5 Å². The summed E-state index contributed by atoms with van der Waals surface area (Å²) in [4.78, 5) is 11.9. The summed E-state index contributed by atoms with van der Waals surface area (Å²) in [5.74, 6) is 1.23. The predicted octanol–water partition coefficient (Wildman–Crippen LogP) is 4.34. The third kappa shape index (κ3) is 6.64. The second kappa shape index (κ2) is 8.22. The molecule has 0 aliphatic carbocycles. The summed E-state index contributed by atoms with van der Waals surface area (Å²) >= 11 is 20.2. The Morgan fingerprint density at radius 3 is 2.55 bits per heavy atom. The molecular formula is C13H16Cl3NO3S2. The van der Waals surface area contributed by atoms with Gasteiger partial charge in [0.25, 0.3) is 0 Å². The molecule has 0 fully saturated rings. The molecule has 1 aliphatic rings. The number of ether oxygens (including phenoxy) is 2. The molecule has 124 valence electrons. The Kier molecular flexibility index (Phi) is 7.49. The van der Waals surface area contributed by atoms with Crippen LogP contribution < -0.4 is 9.47 Å². The summed E-state index contributed by atoms with van der Waals surface area (Å²) in [6.45, 7) is 0.657. The van der Waals surface area contributed by atoms with Crippen LogP contribution in [0.2, 0.25) is 0 Å². The smallest absolute Gasteiger partial charge is 0.533 e. The minimum Gasteiger partial charge on any atom is -0.737 e. The highest BCUT2D eigenvalue weighted by Crippen LogP contribution is 2.36. The van der Waals surface area contributed by atoms with Gasteiger partial charge in [0.05, 0.1) is 35.8 Å². The van der Waals surface area contributed by atoms with Crippen molar-refractivity contribution in [2.45, 2.75) is 9.55 Å². The second-order valence-corrected chi connectivity index (χ2v) is 9.53. The van der Waals surface area contributed by atoms with E-state index in [1.807, 2.05) is 18.4 Å². The van der Waals surface area contributed by atoms with Gasteiger partial charge in [0.1, 0.15) is 0 Å². The number of nitrogens with zero attached hydrogens (tertiary/aromatic N) is 1. The Labute approximate surface area is 155 Å². The van der Waals surface area contributed by atoms with E-state index in [9.17, 15) is 4.79 Å². The maximum atomic E-state index is 11.9. The van der Waals surface area contributed by atoms with Crippen LogP contribution in [0.15, 0.2) is 18.2 Å². The summed E-state index contributed by atoms with van der Waals surface area (Å²) in [5.41, 5.74) is 1.10. The number of carbonyl (C=O) groups excluding carboxylic acids is 1. The van der Waals surface area contributed by atoms with Crippen molar-refractivity contribution in [1.29, 1.82) is 0 Å². The minimum absolute atomic E-state index is 0.115. The lowest BCUT2D eigenvalue weighted by atomic mass is 10.1. The molecule has 9 heteroatoms. The molecule has 0 saturated carbocycles. The summed E-state index contributed by atoms with van der Waals surface area (Å²) in [7, 11) is 3.58. The average molecular weight is 405 g/mol. The molecule has 1 aliphatic heterocycles. The lowest BCUT2D eigenvalue weighted by molar-refractivity contribution is -0.667. The molecule has 0 bridgehead atoms. The fourth-order valence-electron chi connectivity index (χ4n) is 1.54. The van der Waals surface area contributed by atoms with E-state index in [1.54, 1.807) is 20.2 Å². The number of hydrogen-bond donors (Lipinski definition) is 0. The van der Waals surface area contributed by atoms with Crippen molar-refractivity contribution in [3.05, 3.63) is 23.8 Å². The fourth-order valence-corrected chi connectivity index (χ4v) is 1.73. The third-order valence-corrected chi connectivity index (χ3v) is 3.83. The Morgan fingerprint density at radius 2 is 2.00 bits per heavy atom. The first kappa shape index (κ1) is 20.1. The number of fused-ring (bicyclic) bond motifs is 1. The van der Waals surface area contributed by atoms with Crippen molar-refractivity contribution in [1.82, 2.24) is 0 Å². The second-order valence-electron chi connectivity index (χ2n) is 4.69. The number of para-hydroxylation sites is 1. The SMILES string of the molecule is CS[N+](C)(C)C(=O)Oc1cccc2c1OCC2.[S-]C(Cl)(Cl)Cl. The summed E-state index contributed by atoms with van der Waals surface area (Å²) in [6, 6.07) is 5.64. The van der Waals surface area contributed by atoms with Gasteiger partial charge >= 0.3 is 6.09 Å². The largest absolute Gasteiger partial charge is 0.737 e. The zero-order valence-corrected chi connectivity index (χ0v) is 16.2. The first-order chi connectivity index (χ1) is 10.0. The number of amides is 1. The van der Waals surface area contributed by atoms with Gasteiger partial charge in [-0.2, -0.15) is 8.68 Å². The molecule has 0 radical (unpaired) electrons. The highest BCUT2D eigenvalue weighted by Gasteiger charge is 2.31. The fraction of sp³-hybridized carbons (Fsp3) is 0.462. The van der Waals surface area contributed by atoms with Gasteiger partial charge in [0, 0.05) is 18.2 Å². The average Bonchev–Trinajstić information content (AvgIpc) is 2.86. The molecule has 0 spiro atoms. The Bertz CT molecular complexity index is 530. The molecule has 0 aromatic heterocycles. The Balaban J connectivity index is 0.000000422. The van der Waals surface area contributed by atoms with Crippen LogP contribution in [0.5, 0.6) is 11.5 Å². The van der Waals surface area contributed by atoms with E-state index in [1.165, 1.54) is 11.9 Å². The van der Waals surface area contributed by atoms with Crippen molar-refractivity contribution in [2.75, 3.05) is 27.0 Å². The maximum absolute atomic E-state index is 11.9. The minimum atomic E-state index is -1.50. The molecule has 1 heterocycles.